The maximum Gasteiger partial charge on any atom is 0.0642 e. The molecule has 1 aliphatic carbocycles. The number of likely N-dealkylation sites (N-methyl/N-ethyl adjacent to an activating group) is 1. The van der Waals surface area contributed by atoms with Gasteiger partial charge in [-0.2, -0.15) is 0 Å². The molecule has 1 aromatic rings. The van der Waals surface area contributed by atoms with Gasteiger partial charge in [0.1, 0.15) is 0 Å². The van der Waals surface area contributed by atoms with E-state index in [2.05, 4.69) is 40.4 Å². The lowest BCUT2D eigenvalue weighted by Crippen LogP contribution is -2.29. The molecule has 4 heteroatoms. The summed E-state index contributed by atoms with van der Waals surface area (Å²) in [4.78, 5) is 4.81. The molecule has 3 nitrogen and oxygen atoms in total. The predicted octanol–water partition coefficient (Wildman–Crippen LogP) is 2.73. The van der Waals surface area contributed by atoms with Crippen molar-refractivity contribution in [2.45, 2.75) is 31.8 Å². The highest BCUT2D eigenvalue weighted by Crippen LogP contribution is 2.28. The van der Waals surface area contributed by atoms with Crippen LogP contribution in [0.4, 0.5) is 5.69 Å². The van der Waals surface area contributed by atoms with E-state index in [1.807, 2.05) is 0 Å². The molecule has 1 saturated heterocycles. The molecule has 110 valence electrons. The van der Waals surface area contributed by atoms with E-state index in [1.165, 1.54) is 37.1 Å². The third-order valence-electron chi connectivity index (χ3n) is 4.24. The Morgan fingerprint density at radius 2 is 2.05 bits per heavy atom. The topological polar surface area (TPSA) is 18.5 Å². The molecular formula is C16H24ClN3. The van der Waals surface area contributed by atoms with Crippen LogP contribution in [0.3, 0.4) is 0 Å². The first-order valence-electron chi connectivity index (χ1n) is 7.68. The zero-order chi connectivity index (χ0) is 13.9. The van der Waals surface area contributed by atoms with E-state index in [9.17, 15) is 0 Å². The number of benzene rings is 1. The number of rotatable bonds is 4. The molecule has 1 N–H and O–H groups in total. The van der Waals surface area contributed by atoms with E-state index < -0.39 is 0 Å². The Balaban J connectivity index is 1.66. The monoisotopic (exact) mass is 293 g/mol. The summed E-state index contributed by atoms with van der Waals surface area (Å²) in [7, 11) is 2.19. The van der Waals surface area contributed by atoms with Gasteiger partial charge in [-0.25, -0.2) is 0 Å². The minimum absolute atomic E-state index is 0.745. The van der Waals surface area contributed by atoms with E-state index in [0.717, 1.165) is 37.2 Å². The molecule has 1 aliphatic heterocycles. The number of hydrogen-bond donors (Lipinski definition) is 1. The summed E-state index contributed by atoms with van der Waals surface area (Å²) in [5.41, 5.74) is 2.48. The maximum atomic E-state index is 6.50. The van der Waals surface area contributed by atoms with Gasteiger partial charge >= 0.3 is 0 Å². The van der Waals surface area contributed by atoms with Crippen LogP contribution in [0.1, 0.15) is 24.8 Å². The van der Waals surface area contributed by atoms with Crippen LogP contribution >= 0.6 is 11.6 Å². The summed E-state index contributed by atoms with van der Waals surface area (Å²) in [6.45, 7) is 5.39. The highest BCUT2D eigenvalue weighted by molar-refractivity contribution is 6.33. The Labute approximate surface area is 126 Å². The molecule has 2 fully saturated rings. The predicted molar refractivity (Wildman–Crippen MR) is 85.6 cm³/mol. The van der Waals surface area contributed by atoms with Crippen molar-refractivity contribution in [2.24, 2.45) is 0 Å². The van der Waals surface area contributed by atoms with Crippen molar-refractivity contribution in [3.8, 4) is 0 Å². The largest absolute Gasteiger partial charge is 0.369 e. The third kappa shape index (κ3) is 3.66. The molecule has 0 radical (unpaired) electrons. The first-order valence-corrected chi connectivity index (χ1v) is 8.05. The fourth-order valence-corrected chi connectivity index (χ4v) is 3.08. The Kier molecular flexibility index (Phi) is 4.49. The molecule has 1 aromatic carbocycles. The van der Waals surface area contributed by atoms with Crippen molar-refractivity contribution in [1.82, 2.24) is 10.2 Å². The third-order valence-corrected chi connectivity index (χ3v) is 4.55. The smallest absolute Gasteiger partial charge is 0.0642 e. The molecule has 0 aromatic heterocycles. The molecule has 20 heavy (non-hydrogen) atoms. The summed E-state index contributed by atoms with van der Waals surface area (Å²) in [6, 6.07) is 7.28. The highest BCUT2D eigenvalue weighted by atomic mass is 35.5. The van der Waals surface area contributed by atoms with Gasteiger partial charge in [-0.05, 0) is 50.6 Å². The molecule has 1 heterocycles. The van der Waals surface area contributed by atoms with Gasteiger partial charge in [-0.1, -0.05) is 17.7 Å². The van der Waals surface area contributed by atoms with Crippen LogP contribution in [-0.2, 0) is 6.54 Å². The minimum Gasteiger partial charge on any atom is -0.369 e. The summed E-state index contributed by atoms with van der Waals surface area (Å²) in [6.07, 6.45) is 3.86. The first-order chi connectivity index (χ1) is 9.72. The SMILES string of the molecule is CN1CCCN(c2ccc(CNC3CC3)cc2Cl)CC1. The van der Waals surface area contributed by atoms with E-state index in [0.29, 0.717) is 0 Å². The van der Waals surface area contributed by atoms with Crippen LogP contribution in [0, 0.1) is 0 Å². The van der Waals surface area contributed by atoms with Gasteiger partial charge in [0.15, 0.2) is 0 Å². The van der Waals surface area contributed by atoms with Gasteiger partial charge in [0.2, 0.25) is 0 Å². The second kappa shape index (κ2) is 6.33. The molecule has 1 saturated carbocycles. The molecule has 0 amide bonds. The Morgan fingerprint density at radius 3 is 2.80 bits per heavy atom. The van der Waals surface area contributed by atoms with Gasteiger partial charge in [0, 0.05) is 32.2 Å². The lowest BCUT2D eigenvalue weighted by Gasteiger charge is -2.24. The second-order valence-corrected chi connectivity index (χ2v) is 6.49. The number of nitrogens with zero attached hydrogens (tertiary/aromatic N) is 2. The zero-order valence-corrected chi connectivity index (χ0v) is 13.0. The second-order valence-electron chi connectivity index (χ2n) is 6.08. The number of halogens is 1. The van der Waals surface area contributed by atoms with Crippen molar-refractivity contribution in [2.75, 3.05) is 38.1 Å². The Bertz CT molecular complexity index is 459. The molecule has 0 spiro atoms. The van der Waals surface area contributed by atoms with Crippen molar-refractivity contribution >= 4 is 17.3 Å². The van der Waals surface area contributed by atoms with Crippen LogP contribution < -0.4 is 10.2 Å². The molecule has 3 rings (SSSR count). The van der Waals surface area contributed by atoms with E-state index >= 15 is 0 Å². The van der Waals surface area contributed by atoms with Crippen molar-refractivity contribution in [3.05, 3.63) is 28.8 Å². The van der Waals surface area contributed by atoms with Crippen molar-refractivity contribution in [1.29, 1.82) is 0 Å². The standard InChI is InChI=1S/C16H24ClN3/c1-19-7-2-8-20(10-9-19)16-6-3-13(11-15(16)17)12-18-14-4-5-14/h3,6,11,14,18H,2,4-5,7-10,12H2,1H3. The van der Waals surface area contributed by atoms with Gasteiger partial charge in [0.25, 0.3) is 0 Å². The van der Waals surface area contributed by atoms with Crippen molar-refractivity contribution < 1.29 is 0 Å². The molecule has 0 bridgehead atoms. The van der Waals surface area contributed by atoms with Crippen LogP contribution in [0.2, 0.25) is 5.02 Å². The lowest BCUT2D eigenvalue weighted by atomic mass is 10.2. The molecule has 0 unspecified atom stereocenters. The molecule has 2 aliphatic rings. The van der Waals surface area contributed by atoms with Crippen LogP contribution in [0.25, 0.3) is 0 Å². The average molecular weight is 294 g/mol. The van der Waals surface area contributed by atoms with Gasteiger partial charge in [-0.15, -0.1) is 0 Å². The zero-order valence-electron chi connectivity index (χ0n) is 12.2. The first kappa shape index (κ1) is 14.2. The number of nitrogens with one attached hydrogen (secondary N) is 1. The normalized spacial score (nSPS) is 21.0. The van der Waals surface area contributed by atoms with Crippen molar-refractivity contribution in [3.63, 3.8) is 0 Å². The molecular weight excluding hydrogens is 270 g/mol. The van der Waals surface area contributed by atoms with Gasteiger partial charge in [-0.3, -0.25) is 0 Å². The minimum atomic E-state index is 0.745. The number of hydrogen-bond acceptors (Lipinski definition) is 3. The Hall–Kier alpha value is -0.770. The summed E-state index contributed by atoms with van der Waals surface area (Å²) >= 11 is 6.50. The summed E-state index contributed by atoms with van der Waals surface area (Å²) in [5.74, 6) is 0. The maximum absolute atomic E-state index is 6.50. The average Bonchev–Trinajstić information content (AvgIpc) is 3.25. The fourth-order valence-electron chi connectivity index (χ4n) is 2.75. The van der Waals surface area contributed by atoms with Crippen LogP contribution in [0.5, 0.6) is 0 Å². The van der Waals surface area contributed by atoms with E-state index in [1.54, 1.807) is 0 Å². The van der Waals surface area contributed by atoms with E-state index in [-0.39, 0.29) is 0 Å². The van der Waals surface area contributed by atoms with Crippen LogP contribution in [0.15, 0.2) is 18.2 Å². The summed E-state index contributed by atoms with van der Waals surface area (Å²) < 4.78 is 0. The van der Waals surface area contributed by atoms with E-state index in [4.69, 9.17) is 11.6 Å². The van der Waals surface area contributed by atoms with Crippen LogP contribution in [-0.4, -0.2) is 44.2 Å². The highest BCUT2D eigenvalue weighted by Gasteiger charge is 2.20. The Morgan fingerprint density at radius 1 is 1.20 bits per heavy atom. The van der Waals surface area contributed by atoms with Gasteiger partial charge in [0.05, 0.1) is 10.7 Å². The fraction of sp³-hybridized carbons (Fsp3) is 0.625. The van der Waals surface area contributed by atoms with Gasteiger partial charge < -0.3 is 15.1 Å². The molecule has 0 atom stereocenters. The number of anilines is 1. The lowest BCUT2D eigenvalue weighted by molar-refractivity contribution is 0.360. The summed E-state index contributed by atoms with van der Waals surface area (Å²) in [5, 5.41) is 4.43. The quantitative estimate of drug-likeness (QED) is 0.921.